The Hall–Kier alpha value is -1.97. The fourth-order valence-corrected chi connectivity index (χ4v) is 1.23. The van der Waals surface area contributed by atoms with Crippen molar-refractivity contribution in [2.24, 2.45) is 4.99 Å². The molecule has 1 aromatic carbocycles. The summed E-state index contributed by atoms with van der Waals surface area (Å²) in [5.41, 5.74) is 1.19. The van der Waals surface area contributed by atoms with Gasteiger partial charge in [0.1, 0.15) is 0 Å². The molecule has 1 aromatic rings. The van der Waals surface area contributed by atoms with E-state index in [1.807, 2.05) is 30.3 Å². The van der Waals surface area contributed by atoms with E-state index in [4.69, 9.17) is 0 Å². The second-order valence-electron chi connectivity index (χ2n) is 3.22. The van der Waals surface area contributed by atoms with Gasteiger partial charge in [-0.2, -0.15) is 4.99 Å². The summed E-state index contributed by atoms with van der Waals surface area (Å²) in [6.07, 6.45) is 0.990. The van der Waals surface area contributed by atoms with Crippen molar-refractivity contribution in [2.75, 3.05) is 6.54 Å². The van der Waals surface area contributed by atoms with Gasteiger partial charge in [-0.15, -0.1) is 0 Å². The topological polar surface area (TPSA) is 58.5 Å². The maximum absolute atomic E-state index is 11.1. The zero-order valence-corrected chi connectivity index (χ0v) is 9.14. The molecule has 0 saturated carbocycles. The van der Waals surface area contributed by atoms with Gasteiger partial charge in [0.15, 0.2) is 6.29 Å². The standard InChI is InChI=1S/C12H14N2O2/c1-2-13-12(16)14-11(9-15)8-10-6-4-3-5-7-10/h3-7,9H,2,8H2,1H3,(H,13,16). The van der Waals surface area contributed by atoms with E-state index in [2.05, 4.69) is 10.3 Å². The minimum Gasteiger partial charge on any atom is -0.337 e. The third kappa shape index (κ3) is 4.04. The number of nitrogens with one attached hydrogen (secondary N) is 1. The minimum absolute atomic E-state index is 0.233. The Morgan fingerprint density at radius 3 is 2.62 bits per heavy atom. The first-order chi connectivity index (χ1) is 7.76. The van der Waals surface area contributed by atoms with Gasteiger partial charge in [-0.1, -0.05) is 30.3 Å². The monoisotopic (exact) mass is 218 g/mol. The van der Waals surface area contributed by atoms with E-state index in [1.165, 1.54) is 0 Å². The van der Waals surface area contributed by atoms with Gasteiger partial charge in [-0.25, -0.2) is 4.79 Å². The molecule has 4 nitrogen and oxygen atoms in total. The number of rotatable bonds is 4. The van der Waals surface area contributed by atoms with Crippen LogP contribution in [0.4, 0.5) is 4.79 Å². The smallest absolute Gasteiger partial charge is 0.337 e. The van der Waals surface area contributed by atoms with E-state index in [0.717, 1.165) is 5.56 Å². The van der Waals surface area contributed by atoms with Crippen LogP contribution < -0.4 is 5.32 Å². The van der Waals surface area contributed by atoms with Crippen LogP contribution in [0, 0.1) is 0 Å². The summed E-state index contributed by atoms with van der Waals surface area (Å²) in [7, 11) is 0. The Morgan fingerprint density at radius 1 is 1.38 bits per heavy atom. The molecule has 0 unspecified atom stereocenters. The molecular weight excluding hydrogens is 204 g/mol. The Bertz CT molecular complexity index is 385. The number of amides is 2. The molecule has 0 bridgehead atoms. The van der Waals surface area contributed by atoms with Crippen LogP contribution in [0.25, 0.3) is 0 Å². The molecular formula is C12H14N2O2. The highest BCUT2D eigenvalue weighted by Crippen LogP contribution is 2.00. The third-order valence-corrected chi connectivity index (χ3v) is 1.94. The number of benzene rings is 1. The van der Waals surface area contributed by atoms with Crippen LogP contribution in [0.3, 0.4) is 0 Å². The van der Waals surface area contributed by atoms with Crippen molar-refractivity contribution in [2.45, 2.75) is 13.3 Å². The fraction of sp³-hybridized carbons (Fsp3) is 0.250. The van der Waals surface area contributed by atoms with Gasteiger partial charge in [0.2, 0.25) is 0 Å². The van der Waals surface area contributed by atoms with Crippen LogP contribution in [0.15, 0.2) is 35.3 Å². The van der Waals surface area contributed by atoms with E-state index in [9.17, 15) is 9.59 Å². The molecule has 0 radical (unpaired) electrons. The SMILES string of the molecule is CCNC(=O)N=C(C=O)Cc1ccccc1. The first-order valence-corrected chi connectivity index (χ1v) is 5.10. The van der Waals surface area contributed by atoms with E-state index in [-0.39, 0.29) is 5.71 Å². The molecule has 0 aromatic heterocycles. The van der Waals surface area contributed by atoms with Gasteiger partial charge < -0.3 is 5.32 Å². The Morgan fingerprint density at radius 2 is 2.06 bits per heavy atom. The molecule has 0 aliphatic carbocycles. The summed E-state index contributed by atoms with van der Waals surface area (Å²) in [6.45, 7) is 2.30. The van der Waals surface area contributed by atoms with Crippen LogP contribution in [0.5, 0.6) is 0 Å². The molecule has 84 valence electrons. The summed E-state index contributed by atoms with van der Waals surface area (Å²) < 4.78 is 0. The first kappa shape index (κ1) is 12.1. The molecule has 0 heterocycles. The number of aliphatic imine (C=N–C) groups is 1. The highest BCUT2D eigenvalue weighted by Gasteiger charge is 2.03. The molecule has 4 heteroatoms. The quantitative estimate of drug-likeness (QED) is 0.616. The maximum atomic E-state index is 11.1. The van der Waals surface area contributed by atoms with Crippen LogP contribution in [0.1, 0.15) is 12.5 Å². The average molecular weight is 218 g/mol. The zero-order chi connectivity index (χ0) is 11.8. The zero-order valence-electron chi connectivity index (χ0n) is 9.14. The number of hydrogen-bond donors (Lipinski definition) is 1. The summed E-state index contributed by atoms with van der Waals surface area (Å²) in [5.74, 6) is 0. The lowest BCUT2D eigenvalue weighted by Gasteiger charge is -2.00. The molecule has 0 aliphatic rings. The lowest BCUT2D eigenvalue weighted by molar-refractivity contribution is -0.102. The molecule has 0 fully saturated rings. The van der Waals surface area contributed by atoms with Crippen LogP contribution >= 0.6 is 0 Å². The van der Waals surface area contributed by atoms with Crippen LogP contribution in [-0.2, 0) is 11.2 Å². The van der Waals surface area contributed by atoms with Crippen molar-refractivity contribution < 1.29 is 9.59 Å². The second kappa shape index (κ2) is 6.50. The van der Waals surface area contributed by atoms with Gasteiger partial charge >= 0.3 is 6.03 Å². The summed E-state index contributed by atoms with van der Waals surface area (Å²) >= 11 is 0. The van der Waals surface area contributed by atoms with Crippen molar-refractivity contribution in [3.8, 4) is 0 Å². The number of urea groups is 1. The Labute approximate surface area is 94.4 Å². The summed E-state index contributed by atoms with van der Waals surface area (Å²) in [5, 5.41) is 2.51. The number of hydrogen-bond acceptors (Lipinski definition) is 2. The van der Waals surface area contributed by atoms with Gasteiger partial charge in [0.05, 0.1) is 5.71 Å². The lowest BCUT2D eigenvalue weighted by atomic mass is 10.1. The van der Waals surface area contributed by atoms with Crippen molar-refractivity contribution in [1.82, 2.24) is 5.32 Å². The van der Waals surface area contributed by atoms with E-state index in [1.54, 1.807) is 6.92 Å². The molecule has 1 N–H and O–H groups in total. The van der Waals surface area contributed by atoms with Gasteiger partial charge in [-0.3, -0.25) is 4.79 Å². The van der Waals surface area contributed by atoms with Crippen molar-refractivity contribution in [3.63, 3.8) is 0 Å². The Kier molecular flexibility index (Phi) is 4.92. The fourth-order valence-electron chi connectivity index (χ4n) is 1.23. The molecule has 0 aliphatic heterocycles. The minimum atomic E-state index is -0.472. The second-order valence-corrected chi connectivity index (χ2v) is 3.22. The lowest BCUT2D eigenvalue weighted by Crippen LogP contribution is -2.21. The molecule has 16 heavy (non-hydrogen) atoms. The predicted octanol–water partition coefficient (Wildman–Crippen LogP) is 1.60. The van der Waals surface area contributed by atoms with Crippen LogP contribution in [0.2, 0.25) is 0 Å². The normalized spacial score (nSPS) is 10.9. The highest BCUT2D eigenvalue weighted by molar-refractivity contribution is 6.30. The van der Waals surface area contributed by atoms with Gasteiger partial charge in [0.25, 0.3) is 0 Å². The third-order valence-electron chi connectivity index (χ3n) is 1.94. The number of aldehydes is 1. The highest BCUT2D eigenvalue weighted by atomic mass is 16.2. The van der Waals surface area contributed by atoms with E-state index >= 15 is 0 Å². The molecule has 0 saturated heterocycles. The molecule has 0 spiro atoms. The summed E-state index contributed by atoms with van der Waals surface area (Å²) in [4.78, 5) is 25.6. The van der Waals surface area contributed by atoms with Crippen molar-refractivity contribution >= 4 is 18.0 Å². The predicted molar refractivity (Wildman–Crippen MR) is 62.7 cm³/mol. The number of carbonyl (C=O) groups is 2. The molecule has 0 atom stereocenters. The Balaban J connectivity index is 2.69. The summed E-state index contributed by atoms with van der Waals surface area (Å²) in [6, 6.07) is 8.95. The number of nitrogens with zero attached hydrogens (tertiary/aromatic N) is 1. The van der Waals surface area contributed by atoms with Gasteiger partial charge in [-0.05, 0) is 12.5 Å². The van der Waals surface area contributed by atoms with Crippen molar-refractivity contribution in [3.05, 3.63) is 35.9 Å². The average Bonchev–Trinajstić information content (AvgIpc) is 2.30. The molecule has 1 rings (SSSR count). The van der Waals surface area contributed by atoms with E-state index in [0.29, 0.717) is 19.3 Å². The van der Waals surface area contributed by atoms with Crippen LogP contribution in [-0.4, -0.2) is 24.6 Å². The largest absolute Gasteiger partial charge is 0.341 e. The van der Waals surface area contributed by atoms with Crippen molar-refractivity contribution in [1.29, 1.82) is 0 Å². The maximum Gasteiger partial charge on any atom is 0.341 e. The molecule has 2 amide bonds. The first-order valence-electron chi connectivity index (χ1n) is 5.10. The van der Waals surface area contributed by atoms with E-state index < -0.39 is 6.03 Å². The number of carbonyl (C=O) groups excluding carboxylic acids is 2. The van der Waals surface area contributed by atoms with Gasteiger partial charge in [0, 0.05) is 13.0 Å².